The minimum Gasteiger partial charge on any atom is -0.392 e. The van der Waals surface area contributed by atoms with Gasteiger partial charge in [-0.15, -0.1) is 0 Å². The van der Waals surface area contributed by atoms with Crippen LogP contribution in [0, 0.1) is 6.57 Å². The van der Waals surface area contributed by atoms with Crippen molar-refractivity contribution in [2.24, 2.45) is 5.10 Å². The van der Waals surface area contributed by atoms with E-state index < -0.39 is 5.78 Å². The molecule has 2 rings (SSSR count). The third-order valence-electron chi connectivity index (χ3n) is 3.19. The molecule has 0 saturated carbocycles. The molecule has 0 bridgehead atoms. The van der Waals surface area contributed by atoms with Gasteiger partial charge in [0.05, 0.1) is 12.3 Å². The van der Waals surface area contributed by atoms with E-state index in [1.807, 2.05) is 20.8 Å². The third-order valence-corrected chi connectivity index (χ3v) is 3.19. The third kappa shape index (κ3) is 4.06. The molecular weight excluding hydrogens is 308 g/mol. The van der Waals surface area contributed by atoms with Crippen LogP contribution in [0.4, 0.5) is 5.69 Å². The minimum absolute atomic E-state index is 0.0422. The molecule has 0 aliphatic rings. The van der Waals surface area contributed by atoms with Crippen molar-refractivity contribution in [2.45, 2.75) is 32.8 Å². The van der Waals surface area contributed by atoms with E-state index in [1.54, 1.807) is 24.3 Å². The van der Waals surface area contributed by atoms with Crippen molar-refractivity contribution < 1.29 is 14.4 Å². The Labute approximate surface area is 139 Å². The van der Waals surface area contributed by atoms with Gasteiger partial charge in [-0.05, 0) is 22.8 Å². The van der Waals surface area contributed by atoms with Gasteiger partial charge in [0.25, 0.3) is 0 Å². The summed E-state index contributed by atoms with van der Waals surface area (Å²) >= 11 is 0. The molecule has 1 heterocycles. The highest BCUT2D eigenvalue weighted by Gasteiger charge is 2.24. The van der Waals surface area contributed by atoms with Crippen LogP contribution in [0.3, 0.4) is 0 Å². The van der Waals surface area contributed by atoms with Crippen LogP contribution >= 0.6 is 0 Å². The van der Waals surface area contributed by atoms with E-state index in [1.165, 1.54) is 6.07 Å². The molecule has 124 valence electrons. The molecule has 0 amide bonds. The fourth-order valence-electron chi connectivity index (χ4n) is 1.83. The number of Topliss-reactive ketones (excluding diaryl/α,β-unsaturated/α-hetero) is 1. The van der Waals surface area contributed by atoms with E-state index in [2.05, 4.69) is 20.5 Å². The summed E-state index contributed by atoms with van der Waals surface area (Å²) in [6.45, 7) is 12.8. The molecule has 1 aromatic heterocycles. The first kappa shape index (κ1) is 17.4. The van der Waals surface area contributed by atoms with Crippen molar-refractivity contribution in [3.8, 4) is 0 Å². The number of carbonyl (C=O) groups excluding carboxylic acids is 1. The second-order valence-corrected chi connectivity index (χ2v) is 6.17. The number of rotatable bonds is 5. The predicted octanol–water partition coefficient (Wildman–Crippen LogP) is 2.99. The predicted molar refractivity (Wildman–Crippen MR) is 89.6 cm³/mol. The Morgan fingerprint density at radius 3 is 2.75 bits per heavy atom. The summed E-state index contributed by atoms with van der Waals surface area (Å²) in [5, 5.41) is 16.7. The monoisotopic (exact) mass is 326 g/mol. The smallest absolute Gasteiger partial charge is 0.343 e. The van der Waals surface area contributed by atoms with Crippen LogP contribution in [-0.2, 0) is 12.0 Å². The lowest BCUT2D eigenvalue weighted by atomic mass is 9.93. The number of benzene rings is 1. The zero-order chi connectivity index (χ0) is 17.7. The molecule has 0 aliphatic carbocycles. The van der Waals surface area contributed by atoms with E-state index in [0.717, 1.165) is 0 Å². The van der Waals surface area contributed by atoms with Crippen LogP contribution in [0.15, 0.2) is 40.0 Å². The van der Waals surface area contributed by atoms with Gasteiger partial charge in [0.1, 0.15) is 11.5 Å². The van der Waals surface area contributed by atoms with E-state index in [0.29, 0.717) is 17.0 Å². The Bertz CT molecular complexity index is 810. The van der Waals surface area contributed by atoms with Crippen molar-refractivity contribution in [1.29, 1.82) is 0 Å². The second-order valence-electron chi connectivity index (χ2n) is 6.17. The molecule has 7 heteroatoms. The highest BCUT2D eigenvalue weighted by atomic mass is 16.5. The van der Waals surface area contributed by atoms with Gasteiger partial charge in [-0.1, -0.05) is 44.6 Å². The maximum absolute atomic E-state index is 12.3. The average Bonchev–Trinajstić information content (AvgIpc) is 3.05. The van der Waals surface area contributed by atoms with E-state index in [9.17, 15) is 4.79 Å². The molecule has 0 spiro atoms. The number of amidine groups is 1. The Balaban J connectivity index is 2.19. The maximum Gasteiger partial charge on any atom is 0.343 e. The van der Waals surface area contributed by atoms with E-state index >= 15 is 0 Å². The standard InChI is InChI=1S/C17H18N4O3/c1-17(2,3)14-9-13(21-24-14)15(23)16(18-4)20-19-12-7-5-6-11(8-12)10-22/h5-9,19,22H,10H2,1-3H3/b20-16-. The molecule has 0 saturated heterocycles. The van der Waals surface area contributed by atoms with Crippen LogP contribution in [0.5, 0.6) is 0 Å². The number of aliphatic hydroxyl groups excluding tert-OH is 1. The highest BCUT2D eigenvalue weighted by Crippen LogP contribution is 2.23. The molecule has 2 N–H and O–H groups in total. The minimum atomic E-state index is -0.616. The van der Waals surface area contributed by atoms with Gasteiger partial charge in [0.15, 0.2) is 0 Å². The summed E-state index contributed by atoms with van der Waals surface area (Å²) in [6.07, 6.45) is 0. The normalized spacial score (nSPS) is 11.9. The number of aliphatic hydroxyl groups is 1. The number of hydrogen-bond acceptors (Lipinski definition) is 6. The van der Waals surface area contributed by atoms with Crippen molar-refractivity contribution in [3.63, 3.8) is 0 Å². The fraction of sp³-hybridized carbons (Fsp3) is 0.294. The lowest BCUT2D eigenvalue weighted by molar-refractivity contribution is 0.105. The first-order valence-corrected chi connectivity index (χ1v) is 7.28. The van der Waals surface area contributed by atoms with Crippen molar-refractivity contribution >= 4 is 17.3 Å². The first-order valence-electron chi connectivity index (χ1n) is 7.28. The number of aromatic nitrogens is 1. The zero-order valence-corrected chi connectivity index (χ0v) is 13.7. The van der Waals surface area contributed by atoms with Crippen LogP contribution in [0.1, 0.15) is 42.6 Å². The Hall–Kier alpha value is -2.98. The van der Waals surface area contributed by atoms with Crippen LogP contribution < -0.4 is 5.43 Å². The maximum atomic E-state index is 12.3. The largest absolute Gasteiger partial charge is 0.392 e. The van der Waals surface area contributed by atoms with E-state index in [4.69, 9.17) is 16.2 Å². The summed E-state index contributed by atoms with van der Waals surface area (Å²) in [5.74, 6) is -0.410. The number of nitrogens with one attached hydrogen (secondary N) is 1. The SMILES string of the molecule is [C-]#[N+]/C(=N\Nc1cccc(CO)c1)C(=O)c1cc(C(C)(C)C)on1. The first-order chi connectivity index (χ1) is 11.3. The second kappa shape index (κ2) is 7.06. The lowest BCUT2D eigenvalue weighted by Gasteiger charge is -2.11. The summed E-state index contributed by atoms with van der Waals surface area (Å²) < 4.78 is 5.16. The molecule has 0 atom stereocenters. The van der Waals surface area contributed by atoms with Crippen molar-refractivity contribution in [2.75, 3.05) is 5.43 Å². The molecular formula is C17H18N4O3. The quantitative estimate of drug-likeness (QED) is 0.290. The lowest BCUT2D eigenvalue weighted by Crippen LogP contribution is -2.13. The van der Waals surface area contributed by atoms with Gasteiger partial charge in [-0.25, -0.2) is 5.43 Å². The van der Waals surface area contributed by atoms with Gasteiger partial charge in [0, 0.05) is 11.5 Å². The fourth-order valence-corrected chi connectivity index (χ4v) is 1.83. The van der Waals surface area contributed by atoms with Crippen molar-refractivity contribution in [3.05, 3.63) is 58.8 Å². The molecule has 0 aliphatic heterocycles. The summed E-state index contributed by atoms with van der Waals surface area (Å²) in [6, 6.07) is 8.39. The molecule has 0 fully saturated rings. The van der Waals surface area contributed by atoms with E-state index in [-0.39, 0.29) is 23.6 Å². The molecule has 1 aromatic carbocycles. The molecule has 7 nitrogen and oxygen atoms in total. The van der Waals surface area contributed by atoms with Crippen molar-refractivity contribution in [1.82, 2.24) is 5.16 Å². The van der Waals surface area contributed by atoms with Gasteiger partial charge in [-0.3, -0.25) is 4.79 Å². The summed E-state index contributed by atoms with van der Waals surface area (Å²) in [4.78, 5) is 15.5. The number of anilines is 1. The van der Waals surface area contributed by atoms with Gasteiger partial charge in [-0.2, -0.15) is 0 Å². The topological polar surface area (TPSA) is 92.1 Å². The number of hydrogen-bond donors (Lipinski definition) is 2. The van der Waals surface area contributed by atoms with Crippen LogP contribution in [0.2, 0.25) is 0 Å². The highest BCUT2D eigenvalue weighted by molar-refractivity contribution is 6.48. The number of carbonyl (C=O) groups is 1. The Kier molecular flexibility index (Phi) is 5.11. The van der Waals surface area contributed by atoms with Gasteiger partial charge < -0.3 is 14.5 Å². The van der Waals surface area contributed by atoms with Gasteiger partial charge in [0.2, 0.25) is 5.78 Å². The van der Waals surface area contributed by atoms with Crippen LogP contribution in [0.25, 0.3) is 4.85 Å². The average molecular weight is 326 g/mol. The number of hydrazone groups is 1. The number of nitrogens with zero attached hydrogens (tertiary/aromatic N) is 3. The summed E-state index contributed by atoms with van der Waals surface area (Å²) in [5.41, 5.74) is 3.65. The van der Waals surface area contributed by atoms with Crippen LogP contribution in [-0.4, -0.2) is 21.9 Å². The molecule has 2 aromatic rings. The Morgan fingerprint density at radius 1 is 1.42 bits per heavy atom. The number of ketones is 1. The molecule has 24 heavy (non-hydrogen) atoms. The summed E-state index contributed by atoms with van der Waals surface area (Å²) in [7, 11) is 0. The Morgan fingerprint density at radius 2 is 2.17 bits per heavy atom. The van der Waals surface area contributed by atoms with Gasteiger partial charge >= 0.3 is 5.84 Å². The zero-order valence-electron chi connectivity index (χ0n) is 13.7. The molecule has 0 radical (unpaired) electrons. The molecule has 0 unspecified atom stereocenters.